The van der Waals surface area contributed by atoms with E-state index < -0.39 is 0 Å². The molecular weight excluding hydrogens is 417 g/mol. The van der Waals surface area contributed by atoms with Gasteiger partial charge in [0.2, 0.25) is 5.91 Å². The summed E-state index contributed by atoms with van der Waals surface area (Å²) in [7, 11) is 2.00. The van der Waals surface area contributed by atoms with Crippen molar-refractivity contribution in [3.8, 4) is 5.75 Å². The van der Waals surface area contributed by atoms with Crippen molar-refractivity contribution >= 4 is 28.9 Å². The van der Waals surface area contributed by atoms with E-state index in [9.17, 15) is 4.79 Å². The summed E-state index contributed by atoms with van der Waals surface area (Å²) in [4.78, 5) is 14.7. The molecule has 1 aromatic heterocycles. The van der Waals surface area contributed by atoms with E-state index >= 15 is 0 Å². The molecule has 12 N–H and O–H groups in total. The van der Waals surface area contributed by atoms with E-state index in [1.165, 1.54) is 0 Å². The monoisotopic (exact) mass is 443 g/mol. The summed E-state index contributed by atoms with van der Waals surface area (Å²) in [5.74, 6) is 0.362. The maximum atomic E-state index is 10.8. The predicted molar refractivity (Wildman–Crippen MR) is 99.6 cm³/mol. The molecule has 143 valence electrons. The first-order valence-electron chi connectivity index (χ1n) is 6.89. The predicted octanol–water partition coefficient (Wildman–Crippen LogP) is -0.668. The number of amides is 1. The minimum absolute atomic E-state index is 0. The van der Waals surface area contributed by atoms with Crippen LogP contribution in [0.25, 0.3) is 0 Å². The third-order valence-corrected chi connectivity index (χ3v) is 2.35. The van der Waals surface area contributed by atoms with Gasteiger partial charge in [-0.1, -0.05) is 12.1 Å². The summed E-state index contributed by atoms with van der Waals surface area (Å²) in [6.07, 6.45) is 0. The molecule has 0 spiro atoms. The van der Waals surface area contributed by atoms with Gasteiger partial charge in [0.25, 0.3) is 0 Å². The number of anilines is 4. The first-order chi connectivity index (χ1) is 11.9. The number of phenols is 1. The molecule has 2 aromatic rings. The number of nitrogens with zero attached hydrogens (tertiary/aromatic N) is 1. The molecule has 0 atom stereocenters. The molecule has 0 aliphatic heterocycles. The van der Waals surface area contributed by atoms with Gasteiger partial charge in [-0.2, -0.15) is 0 Å². The van der Waals surface area contributed by atoms with Gasteiger partial charge in [-0.3, -0.25) is 4.79 Å². The molecule has 26 heavy (non-hydrogen) atoms. The number of hydrogen-bond donors (Lipinski definition) is 8. The third kappa shape index (κ3) is 12.4. The van der Waals surface area contributed by atoms with E-state index in [1.807, 2.05) is 0 Å². The van der Waals surface area contributed by atoms with Crippen molar-refractivity contribution in [1.82, 2.24) is 4.98 Å². The van der Waals surface area contributed by atoms with E-state index in [0.29, 0.717) is 17.2 Å². The molecule has 11 heteroatoms. The van der Waals surface area contributed by atoms with Crippen molar-refractivity contribution in [2.24, 2.45) is 5.73 Å². The van der Waals surface area contributed by atoms with E-state index in [2.05, 4.69) is 10.3 Å². The van der Waals surface area contributed by atoms with Crippen LogP contribution in [-0.2, 0) is 37.5 Å². The number of nitrogens with one attached hydrogen (secondary N) is 1. The number of carbonyl (C=O) groups is 1. The van der Waals surface area contributed by atoms with Crippen LogP contribution in [0.1, 0.15) is 0 Å². The Balaban J connectivity index is -0.000000351. The second-order valence-corrected chi connectivity index (χ2v) is 3.98. The Morgan fingerprint density at radius 3 is 1.92 bits per heavy atom. The van der Waals surface area contributed by atoms with Gasteiger partial charge in [-0.05, 0) is 24.3 Å². The number of nitrogens with two attached hydrogens (primary N) is 4. The molecule has 0 bridgehead atoms. The molecule has 0 aliphatic carbocycles. The molecule has 1 aromatic carbocycles. The topological polar surface area (TPSA) is 207 Å². The molecule has 1 radical (unpaired) electrons. The first kappa shape index (κ1) is 28.8. The van der Waals surface area contributed by atoms with Crippen LogP contribution in [0.3, 0.4) is 0 Å². The number of nitrogen functional groups attached to an aromatic ring is 3. The van der Waals surface area contributed by atoms with Crippen molar-refractivity contribution in [2.75, 3.05) is 43.3 Å². The van der Waals surface area contributed by atoms with Crippen molar-refractivity contribution in [1.29, 1.82) is 0 Å². The Hall–Kier alpha value is -1.98. The van der Waals surface area contributed by atoms with Gasteiger partial charge in [0, 0.05) is 46.9 Å². The zero-order chi connectivity index (χ0) is 19.8. The van der Waals surface area contributed by atoms with Crippen LogP contribution >= 0.6 is 0 Å². The molecule has 0 unspecified atom stereocenters. The largest absolute Gasteiger partial charge is 0.506 e. The van der Waals surface area contributed by atoms with Gasteiger partial charge >= 0.3 is 0 Å². The average Bonchev–Trinajstić information content (AvgIpc) is 2.64. The zero-order valence-corrected chi connectivity index (χ0v) is 17.6. The van der Waals surface area contributed by atoms with Crippen molar-refractivity contribution in [3.05, 3.63) is 36.4 Å². The summed E-state index contributed by atoms with van der Waals surface area (Å²) >= 11 is 0. The number of para-hydroxylation sites is 2. The van der Waals surface area contributed by atoms with Crippen LogP contribution in [0.5, 0.6) is 5.75 Å². The SMILES string of the molecule is CO.CO.NCC(=O)Nc1ccc(N)c(N)n1.Nc1ccccc1O.[Y]. The quantitative estimate of drug-likeness (QED) is 0.218. The number of aliphatic hydroxyl groups excluding tert-OH is 2. The van der Waals surface area contributed by atoms with Crippen LogP contribution in [0.2, 0.25) is 0 Å². The minimum Gasteiger partial charge on any atom is -0.506 e. The van der Waals surface area contributed by atoms with Gasteiger partial charge < -0.3 is 43.6 Å². The molecule has 0 fully saturated rings. The van der Waals surface area contributed by atoms with Gasteiger partial charge in [0.1, 0.15) is 17.4 Å². The molecule has 10 nitrogen and oxygen atoms in total. The maximum absolute atomic E-state index is 10.8. The standard InChI is InChI=1S/C7H11N5O.C6H7NO.2CH4O.Y/c8-3-6(13)11-5-2-1-4(9)7(10)12-5;7-5-3-1-2-4-6(5)8;2*1-2;/h1-2H,3,8-9H2,(H3,10,11,12,13);1-4,8H,7H2;2*2H,1H3;. The number of hydrogen-bond acceptors (Lipinski definition) is 9. The first-order valence-corrected chi connectivity index (χ1v) is 6.89. The zero-order valence-electron chi connectivity index (χ0n) is 14.8. The fourth-order valence-electron chi connectivity index (χ4n) is 1.24. The Morgan fingerprint density at radius 1 is 1.00 bits per heavy atom. The fourth-order valence-corrected chi connectivity index (χ4v) is 1.24. The number of aromatic hydroxyl groups is 1. The molecule has 0 saturated carbocycles. The second-order valence-electron chi connectivity index (χ2n) is 3.98. The Bertz CT molecular complexity index is 610. The summed E-state index contributed by atoms with van der Waals surface area (Å²) in [6, 6.07) is 9.82. The summed E-state index contributed by atoms with van der Waals surface area (Å²) in [6.45, 7) is -0.0913. The minimum atomic E-state index is -0.323. The molecule has 2 rings (SSSR count). The van der Waals surface area contributed by atoms with E-state index in [1.54, 1.807) is 36.4 Å². The number of rotatable bonds is 2. The maximum Gasteiger partial charge on any atom is 0.239 e. The normalized spacial score (nSPS) is 8.04. The van der Waals surface area contributed by atoms with E-state index in [0.717, 1.165) is 14.2 Å². The van der Waals surface area contributed by atoms with Crippen molar-refractivity contribution in [2.45, 2.75) is 0 Å². The smallest absolute Gasteiger partial charge is 0.239 e. The molecule has 1 amide bonds. The fraction of sp³-hybridized carbons (Fsp3) is 0.200. The summed E-state index contributed by atoms with van der Waals surface area (Å²) in [5, 5.41) is 25.2. The number of aromatic nitrogens is 1. The third-order valence-electron chi connectivity index (χ3n) is 2.35. The summed E-state index contributed by atoms with van der Waals surface area (Å²) < 4.78 is 0. The van der Waals surface area contributed by atoms with Crippen LogP contribution < -0.4 is 28.3 Å². The van der Waals surface area contributed by atoms with Crippen molar-refractivity contribution < 1.29 is 52.8 Å². The molecular formula is C15H26N6O4Y. The van der Waals surface area contributed by atoms with Gasteiger partial charge in [0.05, 0.1) is 17.9 Å². The summed E-state index contributed by atoms with van der Waals surface area (Å²) in [5.41, 5.74) is 22.0. The van der Waals surface area contributed by atoms with Crippen LogP contribution in [0.4, 0.5) is 23.0 Å². The van der Waals surface area contributed by atoms with E-state index in [4.69, 9.17) is 38.3 Å². The average molecular weight is 443 g/mol. The van der Waals surface area contributed by atoms with Crippen molar-refractivity contribution in [3.63, 3.8) is 0 Å². The van der Waals surface area contributed by atoms with Gasteiger partial charge in [0.15, 0.2) is 0 Å². The molecule has 1 heterocycles. The van der Waals surface area contributed by atoms with E-state index in [-0.39, 0.29) is 56.7 Å². The number of pyridine rings is 1. The number of carbonyl (C=O) groups excluding carboxylic acids is 1. The Morgan fingerprint density at radius 2 is 1.54 bits per heavy atom. The number of phenolic OH excluding ortho intramolecular Hbond substituents is 1. The van der Waals surface area contributed by atoms with Crippen LogP contribution in [0, 0.1) is 0 Å². The Kier molecular flexibility index (Phi) is 19.8. The van der Waals surface area contributed by atoms with Gasteiger partial charge in [-0.25, -0.2) is 4.98 Å². The second kappa shape index (κ2) is 17.8. The molecule has 0 aliphatic rings. The Labute approximate surface area is 177 Å². The number of benzene rings is 1. The van der Waals surface area contributed by atoms with Crippen LogP contribution in [-0.4, -0.2) is 47.0 Å². The van der Waals surface area contributed by atoms with Crippen LogP contribution in [0.15, 0.2) is 36.4 Å². The molecule has 0 saturated heterocycles. The number of aliphatic hydroxyl groups is 2. The van der Waals surface area contributed by atoms with Gasteiger partial charge in [-0.15, -0.1) is 0 Å².